The van der Waals surface area contributed by atoms with E-state index in [1.54, 1.807) is 13.8 Å². The summed E-state index contributed by atoms with van der Waals surface area (Å²) in [5.41, 5.74) is 2.16. The van der Waals surface area contributed by atoms with Gasteiger partial charge >= 0.3 is 0 Å². The topological polar surface area (TPSA) is 80.2 Å². The van der Waals surface area contributed by atoms with Crippen molar-refractivity contribution in [1.29, 1.82) is 0 Å². The van der Waals surface area contributed by atoms with Crippen molar-refractivity contribution in [2.24, 2.45) is 0 Å². The van der Waals surface area contributed by atoms with Crippen molar-refractivity contribution in [3.8, 4) is 0 Å². The summed E-state index contributed by atoms with van der Waals surface area (Å²) < 4.78 is 16.9. The number of nitrogens with one attached hydrogen (secondary N) is 1. The second-order valence-corrected chi connectivity index (χ2v) is 8.42. The number of rotatable bonds is 3. The molecule has 140 valence electrons. The number of aliphatic hydroxyl groups is 2. The van der Waals surface area contributed by atoms with Gasteiger partial charge in [-0.05, 0) is 37.0 Å². The van der Waals surface area contributed by atoms with Crippen LogP contribution >= 0.6 is 0 Å². The van der Waals surface area contributed by atoms with Gasteiger partial charge in [0.25, 0.3) is 0 Å². The molecule has 2 aliphatic rings. The first-order valence-corrected chi connectivity index (χ1v) is 8.75. The predicted molar refractivity (Wildman–Crippen MR) is 94.4 cm³/mol. The van der Waals surface area contributed by atoms with Gasteiger partial charge in [-0.1, -0.05) is 32.9 Å². The average Bonchev–Trinajstić information content (AvgIpc) is 2.84. The van der Waals surface area contributed by atoms with E-state index in [-0.39, 0.29) is 24.7 Å². The van der Waals surface area contributed by atoms with E-state index in [0.717, 1.165) is 5.69 Å². The Kier molecular flexibility index (Phi) is 4.62. The van der Waals surface area contributed by atoms with Gasteiger partial charge in [-0.25, -0.2) is 0 Å². The zero-order valence-corrected chi connectivity index (χ0v) is 15.6. The Labute approximate surface area is 149 Å². The highest BCUT2D eigenvalue weighted by molar-refractivity contribution is 5.46. The molecule has 0 unspecified atom stereocenters. The molecule has 0 aromatic heterocycles. The summed E-state index contributed by atoms with van der Waals surface area (Å²) in [5.74, 6) is -2.52. The molecule has 6 nitrogen and oxygen atoms in total. The maximum atomic E-state index is 10.7. The largest absolute Gasteiger partial charge is 0.385 e. The number of hydrogen-bond donors (Lipinski definition) is 3. The molecule has 1 aromatic carbocycles. The van der Waals surface area contributed by atoms with Gasteiger partial charge < -0.3 is 29.7 Å². The first kappa shape index (κ1) is 18.6. The summed E-state index contributed by atoms with van der Waals surface area (Å²) in [5, 5.41) is 24.4. The molecule has 0 aliphatic carbocycles. The van der Waals surface area contributed by atoms with Gasteiger partial charge in [-0.2, -0.15) is 0 Å². The van der Waals surface area contributed by atoms with Crippen LogP contribution in [0.15, 0.2) is 24.3 Å². The van der Waals surface area contributed by atoms with E-state index in [1.807, 2.05) is 12.1 Å². The quantitative estimate of drug-likeness (QED) is 0.773. The van der Waals surface area contributed by atoms with Crippen molar-refractivity contribution in [2.45, 2.75) is 69.9 Å². The molecule has 0 spiro atoms. The molecule has 2 aliphatic heterocycles. The zero-order chi connectivity index (χ0) is 18.5. The highest BCUT2D eigenvalue weighted by Crippen LogP contribution is 2.37. The van der Waals surface area contributed by atoms with E-state index in [1.165, 1.54) is 5.56 Å². The van der Waals surface area contributed by atoms with Crippen LogP contribution in [0.1, 0.15) is 40.2 Å². The Hall–Kier alpha value is -1.18. The van der Waals surface area contributed by atoms with Crippen LogP contribution in [0.4, 0.5) is 5.69 Å². The van der Waals surface area contributed by atoms with Crippen molar-refractivity contribution < 1.29 is 24.4 Å². The highest BCUT2D eigenvalue weighted by atomic mass is 16.8. The lowest BCUT2D eigenvalue weighted by molar-refractivity contribution is -0.298. The molecule has 25 heavy (non-hydrogen) atoms. The van der Waals surface area contributed by atoms with E-state index in [9.17, 15) is 10.2 Å². The van der Waals surface area contributed by atoms with Crippen LogP contribution in [0.2, 0.25) is 0 Å². The van der Waals surface area contributed by atoms with Crippen molar-refractivity contribution in [3.63, 3.8) is 0 Å². The third-order valence-corrected chi connectivity index (χ3v) is 4.79. The van der Waals surface area contributed by atoms with E-state index in [2.05, 4.69) is 38.2 Å². The second kappa shape index (κ2) is 6.21. The first-order chi connectivity index (χ1) is 11.5. The Morgan fingerprint density at radius 3 is 2.40 bits per heavy atom. The minimum atomic E-state index is -1.73. The molecule has 3 rings (SSSR count). The maximum Gasteiger partial charge on any atom is 0.212 e. The van der Waals surface area contributed by atoms with Gasteiger partial charge in [0.05, 0.1) is 13.2 Å². The van der Waals surface area contributed by atoms with Crippen LogP contribution in [-0.4, -0.2) is 53.3 Å². The van der Waals surface area contributed by atoms with Crippen molar-refractivity contribution in [1.82, 2.24) is 0 Å². The smallest absolute Gasteiger partial charge is 0.212 e. The Bertz CT molecular complexity index is 609. The molecule has 3 N–H and O–H groups in total. The van der Waals surface area contributed by atoms with E-state index < -0.39 is 23.8 Å². The summed E-state index contributed by atoms with van der Waals surface area (Å²) in [6.45, 7) is 10.3. The molecule has 0 bridgehead atoms. The average molecular weight is 351 g/mol. The first-order valence-electron chi connectivity index (χ1n) is 8.75. The number of benzene rings is 1. The Morgan fingerprint density at radius 2 is 1.80 bits per heavy atom. The van der Waals surface area contributed by atoms with Gasteiger partial charge in [-0.3, -0.25) is 0 Å². The van der Waals surface area contributed by atoms with Crippen LogP contribution in [0, 0.1) is 0 Å². The van der Waals surface area contributed by atoms with Crippen molar-refractivity contribution in [2.75, 3.05) is 18.5 Å². The molecule has 2 saturated heterocycles. The molecule has 1 aromatic rings. The molecule has 0 radical (unpaired) electrons. The highest BCUT2D eigenvalue weighted by Gasteiger charge is 2.56. The molecule has 0 saturated carbocycles. The molecular weight excluding hydrogens is 322 g/mol. The molecule has 2 heterocycles. The lowest BCUT2D eigenvalue weighted by Gasteiger charge is -2.41. The molecule has 2 fully saturated rings. The second-order valence-electron chi connectivity index (χ2n) is 8.42. The Balaban J connectivity index is 1.64. The van der Waals surface area contributed by atoms with Gasteiger partial charge in [-0.15, -0.1) is 0 Å². The molecular formula is C19H29NO5. The van der Waals surface area contributed by atoms with E-state index >= 15 is 0 Å². The minimum Gasteiger partial charge on any atom is -0.385 e. The van der Waals surface area contributed by atoms with Crippen LogP contribution in [0.3, 0.4) is 0 Å². The van der Waals surface area contributed by atoms with Gasteiger partial charge in [0.15, 0.2) is 5.79 Å². The number of aliphatic hydroxyl groups excluding tert-OH is 1. The zero-order valence-electron chi connectivity index (χ0n) is 15.6. The third kappa shape index (κ3) is 3.83. The third-order valence-electron chi connectivity index (χ3n) is 4.79. The summed E-state index contributed by atoms with van der Waals surface area (Å²) in [6, 6.07) is 8.02. The SMILES string of the molecule is CC1(C)O[C@@H]2[C@@H](CO[C@](O)(CNc3ccc(C(C)(C)C)cc3)[C@H]2O)O1. The monoisotopic (exact) mass is 351 g/mol. The molecule has 6 heteroatoms. The summed E-state index contributed by atoms with van der Waals surface area (Å²) in [4.78, 5) is 0. The van der Waals surface area contributed by atoms with Crippen molar-refractivity contribution >= 4 is 5.69 Å². The van der Waals surface area contributed by atoms with E-state index in [0.29, 0.717) is 0 Å². The van der Waals surface area contributed by atoms with Gasteiger partial charge in [0.1, 0.15) is 18.3 Å². The number of anilines is 1. The van der Waals surface area contributed by atoms with Gasteiger partial charge in [0, 0.05) is 5.69 Å². The van der Waals surface area contributed by atoms with Crippen LogP contribution < -0.4 is 5.32 Å². The maximum absolute atomic E-state index is 10.7. The summed E-state index contributed by atoms with van der Waals surface area (Å²) >= 11 is 0. The van der Waals surface area contributed by atoms with Crippen LogP contribution in [-0.2, 0) is 19.6 Å². The fourth-order valence-corrected chi connectivity index (χ4v) is 3.30. The number of ether oxygens (including phenoxy) is 3. The van der Waals surface area contributed by atoms with E-state index in [4.69, 9.17) is 14.2 Å². The predicted octanol–water partition coefficient (Wildman–Crippen LogP) is 2.00. The Morgan fingerprint density at radius 1 is 1.16 bits per heavy atom. The molecule has 4 atom stereocenters. The molecule has 0 amide bonds. The van der Waals surface area contributed by atoms with Gasteiger partial charge in [0.2, 0.25) is 5.79 Å². The summed E-state index contributed by atoms with van der Waals surface area (Å²) in [7, 11) is 0. The fraction of sp³-hybridized carbons (Fsp3) is 0.684. The lowest BCUT2D eigenvalue weighted by atomic mass is 9.87. The van der Waals surface area contributed by atoms with Crippen molar-refractivity contribution in [3.05, 3.63) is 29.8 Å². The minimum absolute atomic E-state index is 0.0516. The fourth-order valence-electron chi connectivity index (χ4n) is 3.30. The van der Waals surface area contributed by atoms with Crippen LogP contribution in [0.5, 0.6) is 0 Å². The standard InChI is InChI=1S/C19H29NO5/c1-17(2,3)12-6-8-13(9-7-12)20-11-19(22)16(21)15-14(10-23-19)24-18(4,5)25-15/h6-9,14-16,20-22H,10-11H2,1-5H3/t14-,15-,16+,19-/m1/s1. The lowest BCUT2D eigenvalue weighted by Crippen LogP contribution is -2.62. The number of hydrogen-bond acceptors (Lipinski definition) is 6. The summed E-state index contributed by atoms with van der Waals surface area (Å²) in [6.07, 6.45) is -2.19. The number of fused-ring (bicyclic) bond motifs is 1. The normalized spacial score (nSPS) is 34.6. The van der Waals surface area contributed by atoms with Crippen LogP contribution in [0.25, 0.3) is 0 Å².